The molecule has 0 saturated heterocycles. The summed E-state index contributed by atoms with van der Waals surface area (Å²) in [4.78, 5) is 11.2. The van der Waals surface area contributed by atoms with Crippen molar-refractivity contribution >= 4 is 23.2 Å². The van der Waals surface area contributed by atoms with Crippen LogP contribution in [0.4, 0.5) is 16.0 Å². The minimum absolute atomic E-state index is 0.0591. The molecule has 0 aliphatic carbocycles. The van der Waals surface area contributed by atoms with Gasteiger partial charge >= 0.3 is 0 Å². The highest BCUT2D eigenvalue weighted by atomic mass is 35.5. The van der Waals surface area contributed by atoms with E-state index in [-0.39, 0.29) is 17.0 Å². The predicted molar refractivity (Wildman–Crippen MR) is 54.5 cm³/mol. The second kappa shape index (κ2) is 4.18. The molecule has 0 atom stereocenters. The molecule has 1 aromatic heterocycles. The molecule has 1 aromatic carbocycles. The topological polar surface area (TPSA) is 50.7 Å². The van der Waals surface area contributed by atoms with E-state index < -0.39 is 0 Å². The molecule has 0 spiro atoms. The lowest BCUT2D eigenvalue weighted by Gasteiger charge is -2.04. The fourth-order valence-electron chi connectivity index (χ4n) is 1.02. The van der Waals surface area contributed by atoms with Crippen LogP contribution in [0.25, 0.3) is 0 Å². The quantitative estimate of drug-likeness (QED) is 0.851. The Bertz CT molecular complexity index is 477. The van der Waals surface area contributed by atoms with Gasteiger partial charge < -0.3 is 5.32 Å². The molecule has 0 aliphatic heterocycles. The number of aromatic nitrogens is 3. The Morgan fingerprint density at radius 2 is 2.00 bits per heavy atom. The van der Waals surface area contributed by atoms with Gasteiger partial charge in [-0.1, -0.05) is 12.1 Å². The Hall–Kier alpha value is -1.75. The van der Waals surface area contributed by atoms with Crippen LogP contribution in [0.5, 0.6) is 0 Å². The van der Waals surface area contributed by atoms with E-state index in [9.17, 15) is 4.39 Å². The first-order chi connectivity index (χ1) is 7.25. The van der Waals surface area contributed by atoms with Gasteiger partial charge in [0.15, 0.2) is 0 Å². The maximum absolute atomic E-state index is 13.2. The minimum Gasteiger partial charge on any atom is -0.322 e. The van der Waals surface area contributed by atoms with Gasteiger partial charge in [-0.15, -0.1) is 0 Å². The van der Waals surface area contributed by atoms with Gasteiger partial charge in [-0.2, -0.15) is 4.98 Å². The van der Waals surface area contributed by atoms with Crippen molar-refractivity contribution in [1.82, 2.24) is 15.0 Å². The van der Waals surface area contributed by atoms with Crippen LogP contribution >= 0.6 is 11.6 Å². The SMILES string of the molecule is Fc1ccccc1Nc1ncnc(Cl)n1. The number of anilines is 2. The van der Waals surface area contributed by atoms with E-state index in [2.05, 4.69) is 20.3 Å². The highest BCUT2D eigenvalue weighted by molar-refractivity contribution is 6.28. The van der Waals surface area contributed by atoms with Gasteiger partial charge in [0.25, 0.3) is 0 Å². The first-order valence-electron chi connectivity index (χ1n) is 4.12. The van der Waals surface area contributed by atoms with Crippen LogP contribution in [0.3, 0.4) is 0 Å². The van der Waals surface area contributed by atoms with E-state index in [0.29, 0.717) is 5.69 Å². The van der Waals surface area contributed by atoms with Crippen LogP contribution < -0.4 is 5.32 Å². The number of hydrogen-bond acceptors (Lipinski definition) is 4. The third-order valence-corrected chi connectivity index (χ3v) is 1.84. The molecule has 15 heavy (non-hydrogen) atoms. The highest BCUT2D eigenvalue weighted by Crippen LogP contribution is 2.16. The average molecular weight is 225 g/mol. The molecule has 0 radical (unpaired) electrons. The molecule has 0 amide bonds. The van der Waals surface area contributed by atoms with Gasteiger partial charge in [0.1, 0.15) is 12.1 Å². The number of nitrogens with zero attached hydrogens (tertiary/aromatic N) is 3. The minimum atomic E-state index is -0.381. The number of benzene rings is 1. The standard InChI is InChI=1S/C9H6ClFN4/c10-8-12-5-13-9(15-8)14-7-4-2-1-3-6(7)11/h1-5H,(H,12,13,14,15). The van der Waals surface area contributed by atoms with Gasteiger partial charge in [0.2, 0.25) is 11.2 Å². The third-order valence-electron chi connectivity index (χ3n) is 1.66. The molecular formula is C9H6ClFN4. The van der Waals surface area contributed by atoms with E-state index in [4.69, 9.17) is 11.6 Å². The number of halogens is 2. The predicted octanol–water partition coefficient (Wildman–Crippen LogP) is 2.41. The molecule has 6 heteroatoms. The first-order valence-corrected chi connectivity index (χ1v) is 4.49. The van der Waals surface area contributed by atoms with Gasteiger partial charge in [-0.3, -0.25) is 0 Å². The monoisotopic (exact) mass is 224 g/mol. The van der Waals surface area contributed by atoms with Crippen molar-refractivity contribution in [2.24, 2.45) is 0 Å². The van der Waals surface area contributed by atoms with Crippen LogP contribution in [0.2, 0.25) is 5.28 Å². The van der Waals surface area contributed by atoms with E-state index >= 15 is 0 Å². The van der Waals surface area contributed by atoms with E-state index in [0.717, 1.165) is 0 Å². The van der Waals surface area contributed by atoms with Crippen LogP contribution in [0.15, 0.2) is 30.6 Å². The summed E-state index contributed by atoms with van der Waals surface area (Å²) in [5.74, 6) is -0.172. The lowest BCUT2D eigenvalue weighted by molar-refractivity contribution is 0.631. The zero-order chi connectivity index (χ0) is 10.7. The van der Waals surface area contributed by atoms with Crippen molar-refractivity contribution in [3.8, 4) is 0 Å². The zero-order valence-corrected chi connectivity index (χ0v) is 8.24. The summed E-state index contributed by atoms with van der Waals surface area (Å²) in [5, 5.41) is 2.75. The highest BCUT2D eigenvalue weighted by Gasteiger charge is 2.03. The van der Waals surface area contributed by atoms with Crippen molar-refractivity contribution in [2.75, 3.05) is 5.32 Å². The van der Waals surface area contributed by atoms with Gasteiger partial charge in [-0.25, -0.2) is 14.4 Å². The first kappa shape index (κ1) is 9.79. The van der Waals surface area contributed by atoms with Crippen molar-refractivity contribution in [1.29, 1.82) is 0 Å². The molecule has 0 fully saturated rings. The maximum atomic E-state index is 13.2. The summed E-state index contributed by atoms with van der Waals surface area (Å²) in [6, 6.07) is 6.22. The van der Waals surface area contributed by atoms with Crippen LogP contribution in [0, 0.1) is 5.82 Å². The largest absolute Gasteiger partial charge is 0.322 e. The molecule has 4 nitrogen and oxygen atoms in total. The van der Waals surface area contributed by atoms with Crippen LogP contribution in [-0.4, -0.2) is 15.0 Å². The summed E-state index contributed by atoms with van der Waals surface area (Å²) in [6.07, 6.45) is 1.25. The second-order valence-electron chi connectivity index (χ2n) is 2.68. The van der Waals surface area contributed by atoms with E-state index in [1.807, 2.05) is 0 Å². The Labute approximate surface area is 90.2 Å². The van der Waals surface area contributed by atoms with E-state index in [1.54, 1.807) is 18.2 Å². The Morgan fingerprint density at radius 1 is 1.20 bits per heavy atom. The van der Waals surface area contributed by atoms with Gasteiger partial charge in [0, 0.05) is 0 Å². The normalized spacial score (nSPS) is 10.0. The number of nitrogens with one attached hydrogen (secondary N) is 1. The third kappa shape index (κ3) is 2.38. The molecule has 0 unspecified atom stereocenters. The Kier molecular flexibility index (Phi) is 2.73. The molecule has 1 heterocycles. The van der Waals surface area contributed by atoms with Crippen molar-refractivity contribution < 1.29 is 4.39 Å². The maximum Gasteiger partial charge on any atom is 0.231 e. The number of hydrogen-bond donors (Lipinski definition) is 1. The fraction of sp³-hybridized carbons (Fsp3) is 0. The lowest BCUT2D eigenvalue weighted by atomic mass is 10.3. The molecule has 2 rings (SSSR count). The summed E-state index contributed by atoms with van der Waals surface area (Å²) >= 11 is 5.55. The molecule has 76 valence electrons. The molecule has 2 aromatic rings. The molecule has 0 aliphatic rings. The lowest BCUT2D eigenvalue weighted by Crippen LogP contribution is -1.99. The second-order valence-corrected chi connectivity index (χ2v) is 3.02. The average Bonchev–Trinajstić information content (AvgIpc) is 2.22. The van der Waals surface area contributed by atoms with Gasteiger partial charge in [0.05, 0.1) is 5.69 Å². The van der Waals surface area contributed by atoms with Crippen LogP contribution in [0.1, 0.15) is 0 Å². The summed E-state index contributed by atoms with van der Waals surface area (Å²) in [5.41, 5.74) is 0.291. The summed E-state index contributed by atoms with van der Waals surface area (Å²) in [6.45, 7) is 0. The number of para-hydroxylation sites is 1. The van der Waals surface area contributed by atoms with Crippen LogP contribution in [-0.2, 0) is 0 Å². The van der Waals surface area contributed by atoms with Gasteiger partial charge in [-0.05, 0) is 23.7 Å². The van der Waals surface area contributed by atoms with Crippen molar-refractivity contribution in [3.05, 3.63) is 41.7 Å². The molecule has 1 N–H and O–H groups in total. The Balaban J connectivity index is 2.26. The summed E-state index contributed by atoms with van der Waals surface area (Å²) in [7, 11) is 0. The van der Waals surface area contributed by atoms with Crippen molar-refractivity contribution in [3.63, 3.8) is 0 Å². The number of rotatable bonds is 2. The van der Waals surface area contributed by atoms with E-state index in [1.165, 1.54) is 12.4 Å². The fourth-order valence-corrected chi connectivity index (χ4v) is 1.14. The zero-order valence-electron chi connectivity index (χ0n) is 7.48. The van der Waals surface area contributed by atoms with Crippen molar-refractivity contribution in [2.45, 2.75) is 0 Å². The Morgan fingerprint density at radius 3 is 2.73 bits per heavy atom. The summed E-state index contributed by atoms with van der Waals surface area (Å²) < 4.78 is 13.2. The smallest absolute Gasteiger partial charge is 0.231 e. The molecular weight excluding hydrogens is 219 g/mol. The molecule has 0 saturated carbocycles. The molecule has 0 bridgehead atoms.